The molecule has 1 fully saturated rings. The number of carboxylic acid groups (broad SMARTS) is 1. The number of rotatable bonds is 6. The molecule has 0 bridgehead atoms. The molecule has 92 valence electrons. The maximum Gasteiger partial charge on any atom is 0.311 e. The van der Waals surface area contributed by atoms with Crippen LogP contribution in [-0.2, 0) is 19.1 Å². The summed E-state index contributed by atoms with van der Waals surface area (Å²) in [6.45, 7) is 0.961. The second-order valence-corrected chi connectivity index (χ2v) is 3.75. The highest BCUT2D eigenvalue weighted by Crippen LogP contribution is 2.13. The Morgan fingerprint density at radius 1 is 1.50 bits per heavy atom. The summed E-state index contributed by atoms with van der Waals surface area (Å²) in [5.74, 6) is -1.72. The van der Waals surface area contributed by atoms with Crippen LogP contribution in [0, 0.1) is 5.92 Å². The second kappa shape index (κ2) is 6.44. The number of methoxy groups -OCH3 is 1. The van der Waals surface area contributed by atoms with E-state index < -0.39 is 17.9 Å². The molecule has 0 radical (unpaired) electrons. The van der Waals surface area contributed by atoms with Gasteiger partial charge in [0.1, 0.15) is 5.92 Å². The van der Waals surface area contributed by atoms with E-state index >= 15 is 0 Å². The number of amides is 1. The molecule has 0 aromatic carbocycles. The van der Waals surface area contributed by atoms with Crippen LogP contribution in [0.15, 0.2) is 0 Å². The molecule has 0 spiro atoms. The van der Waals surface area contributed by atoms with Crippen molar-refractivity contribution in [2.45, 2.75) is 18.9 Å². The molecule has 2 N–H and O–H groups in total. The molecule has 2 atom stereocenters. The van der Waals surface area contributed by atoms with E-state index in [0.29, 0.717) is 19.4 Å². The zero-order valence-electron chi connectivity index (χ0n) is 9.27. The Labute approximate surface area is 93.9 Å². The fourth-order valence-corrected chi connectivity index (χ4v) is 1.60. The average molecular weight is 231 g/mol. The number of hydrogen-bond donors (Lipinski definition) is 2. The Morgan fingerprint density at radius 3 is 2.88 bits per heavy atom. The molecule has 6 nitrogen and oxygen atoms in total. The van der Waals surface area contributed by atoms with E-state index in [1.807, 2.05) is 0 Å². The minimum atomic E-state index is -0.931. The van der Waals surface area contributed by atoms with Crippen molar-refractivity contribution < 1.29 is 24.2 Å². The quantitative estimate of drug-likeness (QED) is 0.609. The van der Waals surface area contributed by atoms with Crippen molar-refractivity contribution in [3.8, 4) is 0 Å². The predicted octanol–water partition coefficient (Wildman–Crippen LogP) is -0.371. The third-order valence-electron chi connectivity index (χ3n) is 2.50. The molecule has 6 heteroatoms. The van der Waals surface area contributed by atoms with Crippen molar-refractivity contribution in [3.05, 3.63) is 0 Å². The van der Waals surface area contributed by atoms with Crippen LogP contribution in [0.25, 0.3) is 0 Å². The van der Waals surface area contributed by atoms with Gasteiger partial charge in [-0.1, -0.05) is 0 Å². The number of carboxylic acids is 1. The third kappa shape index (κ3) is 3.79. The van der Waals surface area contributed by atoms with E-state index in [-0.39, 0.29) is 19.1 Å². The Hall–Kier alpha value is -1.14. The van der Waals surface area contributed by atoms with Crippen molar-refractivity contribution in [2.24, 2.45) is 5.92 Å². The zero-order valence-corrected chi connectivity index (χ0v) is 9.27. The number of aliphatic carboxylic acids is 1. The molecule has 0 saturated carbocycles. The van der Waals surface area contributed by atoms with E-state index in [2.05, 4.69) is 5.32 Å². The highest BCUT2D eigenvalue weighted by Gasteiger charge is 2.34. The number of carbonyl (C=O) groups excluding carboxylic acids is 1. The van der Waals surface area contributed by atoms with Gasteiger partial charge in [-0.3, -0.25) is 9.59 Å². The van der Waals surface area contributed by atoms with Crippen molar-refractivity contribution in [2.75, 3.05) is 26.9 Å². The molecule has 1 aliphatic heterocycles. The van der Waals surface area contributed by atoms with Crippen LogP contribution in [0.4, 0.5) is 0 Å². The monoisotopic (exact) mass is 231 g/mol. The van der Waals surface area contributed by atoms with Crippen LogP contribution < -0.4 is 5.32 Å². The summed E-state index contributed by atoms with van der Waals surface area (Å²) in [6, 6.07) is -0.410. The topological polar surface area (TPSA) is 84.9 Å². The summed E-state index contributed by atoms with van der Waals surface area (Å²) in [5, 5.41) is 11.5. The molecule has 1 rings (SSSR count). The largest absolute Gasteiger partial charge is 0.481 e. The van der Waals surface area contributed by atoms with Gasteiger partial charge in [-0.25, -0.2) is 0 Å². The van der Waals surface area contributed by atoms with Gasteiger partial charge in [0.15, 0.2) is 0 Å². The Morgan fingerprint density at radius 2 is 2.25 bits per heavy atom. The van der Waals surface area contributed by atoms with E-state index in [0.717, 1.165) is 0 Å². The van der Waals surface area contributed by atoms with Crippen molar-refractivity contribution >= 4 is 11.9 Å². The molecular weight excluding hydrogens is 214 g/mol. The molecule has 16 heavy (non-hydrogen) atoms. The van der Waals surface area contributed by atoms with Crippen LogP contribution in [0.2, 0.25) is 0 Å². The van der Waals surface area contributed by atoms with Gasteiger partial charge in [-0.15, -0.1) is 0 Å². The smallest absolute Gasteiger partial charge is 0.311 e. The number of nitrogens with one attached hydrogen (secondary N) is 1. The zero-order chi connectivity index (χ0) is 12.0. The molecule has 1 heterocycles. The van der Waals surface area contributed by atoms with Crippen molar-refractivity contribution in [1.29, 1.82) is 0 Å². The molecule has 0 aliphatic carbocycles. The summed E-state index contributed by atoms with van der Waals surface area (Å²) in [5.41, 5.74) is 0. The summed E-state index contributed by atoms with van der Waals surface area (Å²) in [4.78, 5) is 22.2. The molecule has 0 aromatic rings. The van der Waals surface area contributed by atoms with Crippen molar-refractivity contribution in [1.82, 2.24) is 5.32 Å². The van der Waals surface area contributed by atoms with Crippen molar-refractivity contribution in [3.63, 3.8) is 0 Å². The molecule has 1 amide bonds. The predicted molar refractivity (Wildman–Crippen MR) is 55.0 cm³/mol. The summed E-state index contributed by atoms with van der Waals surface area (Å²) in [7, 11) is 1.57. The molecule has 0 aromatic heterocycles. The minimum Gasteiger partial charge on any atom is -0.481 e. The highest BCUT2D eigenvalue weighted by atomic mass is 16.5. The average Bonchev–Trinajstić information content (AvgIpc) is 2.66. The Bertz CT molecular complexity index is 256. The first-order valence-corrected chi connectivity index (χ1v) is 5.24. The first-order valence-electron chi connectivity index (χ1n) is 5.24. The first-order chi connectivity index (χ1) is 7.65. The summed E-state index contributed by atoms with van der Waals surface area (Å²) >= 11 is 0. The fraction of sp³-hybridized carbons (Fsp3) is 0.800. The molecule has 2 unspecified atom stereocenters. The van der Waals surface area contributed by atoms with Crippen LogP contribution in [0.3, 0.4) is 0 Å². The van der Waals surface area contributed by atoms with E-state index in [1.165, 1.54) is 0 Å². The van der Waals surface area contributed by atoms with Crippen LogP contribution >= 0.6 is 0 Å². The van der Waals surface area contributed by atoms with E-state index in [4.69, 9.17) is 14.6 Å². The maximum atomic E-state index is 11.4. The normalized spacial score (nSPS) is 24.3. The van der Waals surface area contributed by atoms with E-state index in [9.17, 15) is 9.59 Å². The van der Waals surface area contributed by atoms with E-state index in [1.54, 1.807) is 7.11 Å². The second-order valence-electron chi connectivity index (χ2n) is 3.75. The van der Waals surface area contributed by atoms with Gasteiger partial charge in [-0.05, 0) is 6.42 Å². The minimum absolute atomic E-state index is 0.154. The number of hydrogen-bond acceptors (Lipinski definition) is 4. The molecular formula is C10H17NO5. The molecule has 1 aliphatic rings. The summed E-state index contributed by atoms with van der Waals surface area (Å²) in [6.07, 6.45) is 0.977. The first kappa shape index (κ1) is 12.9. The van der Waals surface area contributed by atoms with Gasteiger partial charge >= 0.3 is 5.97 Å². The maximum absolute atomic E-state index is 11.4. The van der Waals surface area contributed by atoms with Crippen LogP contribution in [0.5, 0.6) is 0 Å². The fourth-order valence-electron chi connectivity index (χ4n) is 1.60. The van der Waals surface area contributed by atoms with Crippen LogP contribution in [-0.4, -0.2) is 50.0 Å². The Balaban J connectivity index is 2.30. The lowest BCUT2D eigenvalue weighted by Gasteiger charge is -2.15. The highest BCUT2D eigenvalue weighted by molar-refractivity contribution is 5.78. The van der Waals surface area contributed by atoms with Gasteiger partial charge in [0.05, 0.1) is 19.3 Å². The molecule has 1 saturated heterocycles. The SMILES string of the molecule is COCCCC(=O)NC1COCC1C(=O)O. The number of carbonyl (C=O) groups is 2. The standard InChI is InChI=1S/C10H17NO5/c1-15-4-2-3-9(12)11-8-6-16-5-7(8)10(13)14/h7-8H,2-6H2,1H3,(H,11,12)(H,13,14). The van der Waals surface area contributed by atoms with Gasteiger partial charge in [0.25, 0.3) is 0 Å². The third-order valence-corrected chi connectivity index (χ3v) is 2.50. The van der Waals surface area contributed by atoms with Gasteiger partial charge in [0, 0.05) is 20.1 Å². The Kier molecular flexibility index (Phi) is 5.21. The summed E-state index contributed by atoms with van der Waals surface area (Å²) < 4.78 is 9.86. The van der Waals surface area contributed by atoms with Crippen LogP contribution in [0.1, 0.15) is 12.8 Å². The van der Waals surface area contributed by atoms with Gasteiger partial charge < -0.3 is 19.9 Å². The lowest BCUT2D eigenvalue weighted by molar-refractivity contribution is -0.142. The lowest BCUT2D eigenvalue weighted by atomic mass is 10.0. The van der Waals surface area contributed by atoms with Gasteiger partial charge in [-0.2, -0.15) is 0 Å². The number of ether oxygens (including phenoxy) is 2. The van der Waals surface area contributed by atoms with Gasteiger partial charge in [0.2, 0.25) is 5.91 Å². The lowest BCUT2D eigenvalue weighted by Crippen LogP contribution is -2.42.